The van der Waals surface area contributed by atoms with Crippen molar-refractivity contribution < 1.29 is 4.79 Å². The first-order valence-corrected chi connectivity index (χ1v) is 6.74. The van der Waals surface area contributed by atoms with E-state index < -0.39 is 0 Å². The molecular formula is C17H12N4O. The average molecular weight is 288 g/mol. The molecule has 22 heavy (non-hydrogen) atoms. The number of fused-ring (bicyclic) bond motifs is 1. The zero-order chi connectivity index (χ0) is 15.4. The molecule has 0 bridgehead atoms. The maximum atomic E-state index is 12.1. The van der Waals surface area contributed by atoms with E-state index in [2.05, 4.69) is 15.3 Å². The van der Waals surface area contributed by atoms with E-state index in [-0.39, 0.29) is 5.91 Å². The molecule has 0 aliphatic carbocycles. The van der Waals surface area contributed by atoms with E-state index in [1.807, 2.05) is 24.3 Å². The average Bonchev–Trinajstić information content (AvgIpc) is 2.59. The fourth-order valence-corrected chi connectivity index (χ4v) is 2.13. The molecule has 0 atom stereocenters. The maximum absolute atomic E-state index is 12.1. The van der Waals surface area contributed by atoms with Crippen LogP contribution in [0.1, 0.15) is 21.5 Å². The second-order valence-corrected chi connectivity index (χ2v) is 4.75. The second-order valence-electron chi connectivity index (χ2n) is 4.75. The molecule has 1 heterocycles. The van der Waals surface area contributed by atoms with Crippen molar-refractivity contribution in [3.63, 3.8) is 0 Å². The Hall–Kier alpha value is -3.26. The number of nitrogens with one attached hydrogen (secondary N) is 1. The Morgan fingerprint density at radius 3 is 2.73 bits per heavy atom. The first-order chi connectivity index (χ1) is 10.8. The molecule has 0 spiro atoms. The predicted molar refractivity (Wildman–Crippen MR) is 81.9 cm³/mol. The third-order valence-electron chi connectivity index (χ3n) is 3.24. The van der Waals surface area contributed by atoms with E-state index in [0.29, 0.717) is 17.7 Å². The van der Waals surface area contributed by atoms with Gasteiger partial charge in [0.15, 0.2) is 0 Å². The summed E-state index contributed by atoms with van der Waals surface area (Å²) in [7, 11) is 0. The Kier molecular flexibility index (Phi) is 3.75. The Morgan fingerprint density at radius 2 is 1.91 bits per heavy atom. The third-order valence-corrected chi connectivity index (χ3v) is 3.24. The molecule has 3 rings (SSSR count). The van der Waals surface area contributed by atoms with Crippen molar-refractivity contribution in [3.8, 4) is 6.07 Å². The van der Waals surface area contributed by atoms with Crippen LogP contribution in [0.3, 0.4) is 0 Å². The highest BCUT2D eigenvalue weighted by atomic mass is 16.1. The minimum atomic E-state index is -0.212. The summed E-state index contributed by atoms with van der Waals surface area (Å²) in [5, 5.41) is 11.7. The van der Waals surface area contributed by atoms with Gasteiger partial charge in [0.25, 0.3) is 5.91 Å². The molecule has 0 radical (unpaired) electrons. The smallest absolute Gasteiger partial charge is 0.251 e. The van der Waals surface area contributed by atoms with Crippen LogP contribution in [-0.2, 0) is 6.54 Å². The number of benzene rings is 2. The van der Waals surface area contributed by atoms with E-state index in [0.717, 1.165) is 16.6 Å². The lowest BCUT2D eigenvalue weighted by atomic mass is 10.1. The summed E-state index contributed by atoms with van der Waals surface area (Å²) >= 11 is 0. The van der Waals surface area contributed by atoms with Crippen LogP contribution in [0.15, 0.2) is 54.9 Å². The van der Waals surface area contributed by atoms with Gasteiger partial charge in [-0.25, -0.2) is 0 Å². The van der Waals surface area contributed by atoms with Crippen molar-refractivity contribution >= 4 is 16.9 Å². The first-order valence-electron chi connectivity index (χ1n) is 6.74. The van der Waals surface area contributed by atoms with Crippen LogP contribution in [0.25, 0.3) is 11.0 Å². The molecule has 2 aromatic carbocycles. The largest absolute Gasteiger partial charge is 0.348 e. The van der Waals surface area contributed by atoms with E-state index >= 15 is 0 Å². The van der Waals surface area contributed by atoms with Crippen LogP contribution < -0.4 is 5.32 Å². The quantitative estimate of drug-likeness (QED) is 0.802. The van der Waals surface area contributed by atoms with Gasteiger partial charge in [0.05, 0.1) is 22.7 Å². The molecule has 3 aromatic rings. The topological polar surface area (TPSA) is 78.7 Å². The SMILES string of the molecule is N#Cc1cccc(C(=O)NCc2ccc3nccnc3c2)c1. The highest BCUT2D eigenvalue weighted by Crippen LogP contribution is 2.11. The Bertz CT molecular complexity index is 883. The Morgan fingerprint density at radius 1 is 1.09 bits per heavy atom. The molecule has 0 aliphatic rings. The van der Waals surface area contributed by atoms with E-state index in [1.165, 1.54) is 0 Å². The Labute approximate surface area is 127 Å². The van der Waals surface area contributed by atoms with Gasteiger partial charge in [-0.05, 0) is 35.9 Å². The van der Waals surface area contributed by atoms with Crippen molar-refractivity contribution in [2.45, 2.75) is 6.54 Å². The van der Waals surface area contributed by atoms with Crippen LogP contribution in [0, 0.1) is 11.3 Å². The molecule has 5 nitrogen and oxygen atoms in total. The van der Waals surface area contributed by atoms with E-state index in [9.17, 15) is 4.79 Å². The van der Waals surface area contributed by atoms with Crippen LogP contribution in [0.2, 0.25) is 0 Å². The molecule has 0 unspecified atom stereocenters. The predicted octanol–water partition coefficient (Wildman–Crippen LogP) is 2.43. The molecule has 0 saturated carbocycles. The van der Waals surface area contributed by atoms with Gasteiger partial charge in [-0.3, -0.25) is 14.8 Å². The summed E-state index contributed by atoms with van der Waals surface area (Å²) in [5.41, 5.74) is 3.49. The number of carbonyl (C=O) groups is 1. The summed E-state index contributed by atoms with van der Waals surface area (Å²) < 4.78 is 0. The monoisotopic (exact) mass is 288 g/mol. The van der Waals surface area contributed by atoms with Gasteiger partial charge in [0.2, 0.25) is 0 Å². The van der Waals surface area contributed by atoms with Crippen LogP contribution in [0.4, 0.5) is 0 Å². The normalized spacial score (nSPS) is 10.1. The molecule has 1 aromatic heterocycles. The van der Waals surface area contributed by atoms with Gasteiger partial charge in [-0.2, -0.15) is 5.26 Å². The van der Waals surface area contributed by atoms with E-state index in [1.54, 1.807) is 36.7 Å². The fraction of sp³-hybridized carbons (Fsp3) is 0.0588. The van der Waals surface area contributed by atoms with Crippen LogP contribution >= 0.6 is 0 Å². The minimum absolute atomic E-state index is 0.212. The molecule has 0 saturated heterocycles. The van der Waals surface area contributed by atoms with Crippen molar-refractivity contribution in [3.05, 3.63) is 71.5 Å². The summed E-state index contributed by atoms with van der Waals surface area (Å²) in [6, 6.07) is 14.3. The standard InChI is InChI=1S/C17H12N4O/c18-10-12-2-1-3-14(8-12)17(22)21-11-13-4-5-15-16(9-13)20-7-6-19-15/h1-9H,11H2,(H,21,22). The molecular weight excluding hydrogens is 276 g/mol. The van der Waals surface area contributed by atoms with Gasteiger partial charge in [-0.1, -0.05) is 12.1 Å². The van der Waals surface area contributed by atoms with Gasteiger partial charge in [0.1, 0.15) is 0 Å². The summed E-state index contributed by atoms with van der Waals surface area (Å²) in [5.74, 6) is -0.212. The Balaban J connectivity index is 1.73. The summed E-state index contributed by atoms with van der Waals surface area (Å²) in [6.07, 6.45) is 3.28. The first kappa shape index (κ1) is 13.7. The number of nitriles is 1. The molecule has 0 fully saturated rings. The highest BCUT2D eigenvalue weighted by Gasteiger charge is 2.06. The van der Waals surface area contributed by atoms with Crippen molar-refractivity contribution in [2.75, 3.05) is 0 Å². The fourth-order valence-electron chi connectivity index (χ4n) is 2.13. The summed E-state index contributed by atoms with van der Waals surface area (Å²) in [6.45, 7) is 0.391. The number of amides is 1. The van der Waals surface area contributed by atoms with Crippen LogP contribution in [-0.4, -0.2) is 15.9 Å². The number of hydrogen-bond donors (Lipinski definition) is 1. The third kappa shape index (κ3) is 2.91. The minimum Gasteiger partial charge on any atom is -0.348 e. The number of carbonyl (C=O) groups excluding carboxylic acids is 1. The van der Waals surface area contributed by atoms with Crippen molar-refractivity contribution in [2.24, 2.45) is 0 Å². The zero-order valence-electron chi connectivity index (χ0n) is 11.7. The van der Waals surface area contributed by atoms with Crippen molar-refractivity contribution in [1.82, 2.24) is 15.3 Å². The lowest BCUT2D eigenvalue weighted by molar-refractivity contribution is 0.0951. The number of nitrogens with zero attached hydrogens (tertiary/aromatic N) is 3. The molecule has 5 heteroatoms. The second kappa shape index (κ2) is 6.02. The van der Waals surface area contributed by atoms with E-state index in [4.69, 9.17) is 5.26 Å². The molecule has 106 valence electrons. The van der Waals surface area contributed by atoms with Crippen LogP contribution in [0.5, 0.6) is 0 Å². The number of rotatable bonds is 3. The van der Waals surface area contributed by atoms with Gasteiger partial charge in [-0.15, -0.1) is 0 Å². The van der Waals surface area contributed by atoms with Gasteiger partial charge in [0, 0.05) is 24.5 Å². The van der Waals surface area contributed by atoms with Gasteiger partial charge >= 0.3 is 0 Å². The van der Waals surface area contributed by atoms with Crippen molar-refractivity contribution in [1.29, 1.82) is 5.26 Å². The molecule has 1 amide bonds. The van der Waals surface area contributed by atoms with Gasteiger partial charge < -0.3 is 5.32 Å². The lowest BCUT2D eigenvalue weighted by Crippen LogP contribution is -2.22. The lowest BCUT2D eigenvalue weighted by Gasteiger charge is -2.06. The maximum Gasteiger partial charge on any atom is 0.251 e. The number of aromatic nitrogens is 2. The summed E-state index contributed by atoms with van der Waals surface area (Å²) in [4.78, 5) is 20.5. The number of hydrogen-bond acceptors (Lipinski definition) is 4. The highest BCUT2D eigenvalue weighted by molar-refractivity contribution is 5.94. The molecule has 1 N–H and O–H groups in total. The zero-order valence-corrected chi connectivity index (χ0v) is 11.7. The molecule has 0 aliphatic heterocycles.